The number of carbonyl (C=O) groups excluding carboxylic acids is 1. The van der Waals surface area contributed by atoms with E-state index in [0.717, 1.165) is 17.3 Å². The molecule has 0 bridgehead atoms. The van der Waals surface area contributed by atoms with Crippen molar-refractivity contribution in [3.63, 3.8) is 0 Å². The molecule has 0 spiro atoms. The van der Waals surface area contributed by atoms with E-state index in [0.29, 0.717) is 23.7 Å². The second-order valence-corrected chi connectivity index (χ2v) is 7.21. The maximum Gasteiger partial charge on any atom is 0.305 e. The predicted octanol–water partition coefficient (Wildman–Crippen LogP) is 2.67. The molecule has 9 heteroatoms. The van der Waals surface area contributed by atoms with Crippen LogP contribution < -0.4 is 14.8 Å². The fourth-order valence-electron chi connectivity index (χ4n) is 2.53. The molecule has 0 saturated carbocycles. The van der Waals surface area contributed by atoms with Gasteiger partial charge in [-0.1, -0.05) is 42.1 Å². The van der Waals surface area contributed by atoms with Crippen LogP contribution in [0.15, 0.2) is 58.7 Å². The quantitative estimate of drug-likeness (QED) is 0.509. The third-order valence-electron chi connectivity index (χ3n) is 3.93. The van der Waals surface area contributed by atoms with Gasteiger partial charge >= 0.3 is 5.97 Å². The first-order chi connectivity index (χ1) is 14.0. The number of hydrogen-bond acceptors (Lipinski definition) is 7. The Morgan fingerprint density at radius 2 is 2.07 bits per heavy atom. The standard InChI is InChI=1S/C20H19N3O5S/c1-27-16-8-7-15(28-12-13-5-3-2-4-6-13)9-14(16)11-21-23-20-22-19(26)17(29-20)10-18(24)25/h2-9,11,17H,10,12H2,1H3,(H,24,25)(H,22,23,26). The van der Waals surface area contributed by atoms with Gasteiger partial charge in [0.1, 0.15) is 23.4 Å². The Hall–Kier alpha value is -3.33. The van der Waals surface area contributed by atoms with E-state index in [1.54, 1.807) is 25.3 Å². The van der Waals surface area contributed by atoms with Crippen molar-refractivity contribution in [2.75, 3.05) is 7.11 Å². The van der Waals surface area contributed by atoms with Crippen LogP contribution in [0.2, 0.25) is 0 Å². The van der Waals surface area contributed by atoms with Crippen molar-refractivity contribution in [3.8, 4) is 11.5 Å². The number of benzene rings is 2. The lowest BCUT2D eigenvalue weighted by Gasteiger charge is -2.09. The van der Waals surface area contributed by atoms with E-state index in [1.165, 1.54) is 6.21 Å². The van der Waals surface area contributed by atoms with Crippen LogP contribution in [0, 0.1) is 0 Å². The number of methoxy groups -OCH3 is 1. The van der Waals surface area contributed by atoms with Crippen LogP contribution in [0.5, 0.6) is 11.5 Å². The number of rotatable bonds is 8. The van der Waals surface area contributed by atoms with Crippen LogP contribution >= 0.6 is 11.8 Å². The summed E-state index contributed by atoms with van der Waals surface area (Å²) < 4.78 is 11.1. The zero-order chi connectivity index (χ0) is 20.6. The Labute approximate surface area is 171 Å². The largest absolute Gasteiger partial charge is 0.496 e. The summed E-state index contributed by atoms with van der Waals surface area (Å²) in [6.07, 6.45) is 1.21. The lowest BCUT2D eigenvalue weighted by molar-refractivity contribution is -0.138. The smallest absolute Gasteiger partial charge is 0.305 e. The summed E-state index contributed by atoms with van der Waals surface area (Å²) in [7, 11) is 1.55. The van der Waals surface area contributed by atoms with E-state index >= 15 is 0 Å². The highest BCUT2D eigenvalue weighted by atomic mass is 32.2. The highest BCUT2D eigenvalue weighted by molar-refractivity contribution is 8.15. The predicted molar refractivity (Wildman–Crippen MR) is 111 cm³/mol. The van der Waals surface area contributed by atoms with Crippen molar-refractivity contribution in [1.82, 2.24) is 5.32 Å². The minimum Gasteiger partial charge on any atom is -0.496 e. The van der Waals surface area contributed by atoms with Gasteiger partial charge < -0.3 is 19.9 Å². The summed E-state index contributed by atoms with van der Waals surface area (Å²) in [4.78, 5) is 22.5. The number of carboxylic acids is 1. The molecule has 8 nitrogen and oxygen atoms in total. The van der Waals surface area contributed by atoms with Gasteiger partial charge in [-0.25, -0.2) is 0 Å². The normalized spacial score (nSPS) is 17.5. The average Bonchev–Trinajstić information content (AvgIpc) is 3.06. The second-order valence-electron chi connectivity index (χ2n) is 6.02. The summed E-state index contributed by atoms with van der Waals surface area (Å²) >= 11 is 1.04. The third-order valence-corrected chi connectivity index (χ3v) is 5.00. The van der Waals surface area contributed by atoms with Gasteiger partial charge in [0.15, 0.2) is 5.17 Å². The minimum absolute atomic E-state index is 0.257. The van der Waals surface area contributed by atoms with E-state index in [2.05, 4.69) is 15.5 Å². The van der Waals surface area contributed by atoms with Crippen molar-refractivity contribution < 1.29 is 24.2 Å². The van der Waals surface area contributed by atoms with Crippen molar-refractivity contribution in [1.29, 1.82) is 0 Å². The topological polar surface area (TPSA) is 110 Å². The Bertz CT molecular complexity index is 946. The first-order valence-electron chi connectivity index (χ1n) is 8.70. The third kappa shape index (κ3) is 5.82. The van der Waals surface area contributed by atoms with Crippen molar-refractivity contribution >= 4 is 35.0 Å². The van der Waals surface area contributed by atoms with Crippen LogP contribution in [-0.2, 0) is 16.2 Å². The maximum absolute atomic E-state index is 11.7. The molecular formula is C20H19N3O5S. The summed E-state index contributed by atoms with van der Waals surface area (Å²) in [6.45, 7) is 0.430. The summed E-state index contributed by atoms with van der Waals surface area (Å²) in [5.41, 5.74) is 1.70. The molecular weight excluding hydrogens is 394 g/mol. The number of amidine groups is 1. The van der Waals surface area contributed by atoms with Gasteiger partial charge in [-0.05, 0) is 23.8 Å². The van der Waals surface area contributed by atoms with Crippen LogP contribution in [0.4, 0.5) is 0 Å². The zero-order valence-electron chi connectivity index (χ0n) is 15.6. The molecule has 2 aromatic rings. The SMILES string of the molecule is COc1ccc(OCc2ccccc2)cc1C=NN=C1NC(=O)C(CC(=O)O)S1. The van der Waals surface area contributed by atoms with Crippen molar-refractivity contribution in [2.45, 2.75) is 18.3 Å². The van der Waals surface area contributed by atoms with Gasteiger partial charge in [0.2, 0.25) is 5.91 Å². The molecule has 1 heterocycles. The van der Waals surface area contributed by atoms with E-state index in [9.17, 15) is 9.59 Å². The Balaban J connectivity index is 1.67. The fraction of sp³-hybridized carbons (Fsp3) is 0.200. The number of nitrogens with one attached hydrogen (secondary N) is 1. The Morgan fingerprint density at radius 3 is 2.79 bits per heavy atom. The van der Waals surface area contributed by atoms with Gasteiger partial charge in [-0.2, -0.15) is 5.10 Å². The monoisotopic (exact) mass is 413 g/mol. The Morgan fingerprint density at radius 1 is 1.28 bits per heavy atom. The lowest BCUT2D eigenvalue weighted by atomic mass is 10.2. The number of ether oxygens (including phenoxy) is 2. The van der Waals surface area contributed by atoms with E-state index in [1.807, 2.05) is 30.3 Å². The van der Waals surface area contributed by atoms with E-state index in [-0.39, 0.29) is 17.5 Å². The zero-order valence-corrected chi connectivity index (χ0v) is 16.4. The molecule has 1 aliphatic heterocycles. The molecule has 0 aliphatic carbocycles. The number of aliphatic carboxylic acids is 1. The summed E-state index contributed by atoms with van der Waals surface area (Å²) in [6, 6.07) is 15.1. The molecule has 1 amide bonds. The number of carbonyl (C=O) groups is 2. The molecule has 29 heavy (non-hydrogen) atoms. The molecule has 0 radical (unpaired) electrons. The lowest BCUT2D eigenvalue weighted by Crippen LogP contribution is -2.26. The molecule has 3 rings (SSSR count). The highest BCUT2D eigenvalue weighted by Gasteiger charge is 2.32. The van der Waals surface area contributed by atoms with E-state index < -0.39 is 11.2 Å². The van der Waals surface area contributed by atoms with Gasteiger partial charge in [0, 0.05) is 5.56 Å². The van der Waals surface area contributed by atoms with Crippen LogP contribution in [0.3, 0.4) is 0 Å². The molecule has 1 aliphatic rings. The van der Waals surface area contributed by atoms with Gasteiger partial charge in [-0.3, -0.25) is 9.59 Å². The number of amides is 1. The number of thioether (sulfide) groups is 1. The Kier molecular flexibility index (Phi) is 6.85. The molecule has 1 fully saturated rings. The summed E-state index contributed by atoms with van der Waals surface area (Å²) in [5, 5.41) is 18.8. The van der Waals surface area contributed by atoms with Gasteiger partial charge in [-0.15, -0.1) is 5.10 Å². The van der Waals surface area contributed by atoms with Crippen LogP contribution in [0.1, 0.15) is 17.5 Å². The first kappa shape index (κ1) is 20.4. The molecule has 2 N–H and O–H groups in total. The number of nitrogens with zero attached hydrogens (tertiary/aromatic N) is 2. The van der Waals surface area contributed by atoms with E-state index in [4.69, 9.17) is 14.6 Å². The number of carboxylic acid groups (broad SMARTS) is 1. The minimum atomic E-state index is -1.04. The molecule has 1 atom stereocenters. The summed E-state index contributed by atoms with van der Waals surface area (Å²) in [5.74, 6) is -0.193. The fourth-order valence-corrected chi connectivity index (χ4v) is 3.45. The molecule has 1 unspecified atom stereocenters. The van der Waals surface area contributed by atoms with Gasteiger partial charge in [0.25, 0.3) is 0 Å². The molecule has 0 aromatic heterocycles. The first-order valence-corrected chi connectivity index (χ1v) is 9.58. The van der Waals surface area contributed by atoms with Crippen molar-refractivity contribution in [2.24, 2.45) is 10.2 Å². The average molecular weight is 413 g/mol. The second kappa shape index (κ2) is 9.74. The van der Waals surface area contributed by atoms with Crippen molar-refractivity contribution in [3.05, 3.63) is 59.7 Å². The molecule has 1 saturated heterocycles. The highest BCUT2D eigenvalue weighted by Crippen LogP contribution is 2.24. The number of hydrogen-bond donors (Lipinski definition) is 2. The van der Waals surface area contributed by atoms with Crippen LogP contribution in [-0.4, -0.2) is 40.7 Å². The van der Waals surface area contributed by atoms with Gasteiger partial charge in [0.05, 0.1) is 19.7 Å². The van der Waals surface area contributed by atoms with Crippen LogP contribution in [0.25, 0.3) is 0 Å². The molecule has 150 valence electrons. The molecule has 2 aromatic carbocycles. The maximum atomic E-state index is 11.7.